The zero-order valence-electron chi connectivity index (χ0n) is 12.5. The number of ketones is 1. The van der Waals surface area contributed by atoms with Crippen molar-refractivity contribution in [3.63, 3.8) is 0 Å². The van der Waals surface area contributed by atoms with Crippen LogP contribution in [0.1, 0.15) is 16.1 Å². The molecule has 6 heteroatoms. The Morgan fingerprint density at radius 2 is 2.13 bits per heavy atom. The van der Waals surface area contributed by atoms with Gasteiger partial charge < -0.3 is 18.9 Å². The van der Waals surface area contributed by atoms with E-state index in [0.717, 1.165) is 5.39 Å². The van der Waals surface area contributed by atoms with E-state index in [1.807, 2.05) is 6.07 Å². The highest BCUT2D eigenvalue weighted by molar-refractivity contribution is 5.96. The molecule has 0 bridgehead atoms. The van der Waals surface area contributed by atoms with Crippen LogP contribution in [0, 0.1) is 0 Å². The summed E-state index contributed by atoms with van der Waals surface area (Å²) in [5.41, 5.74) is 1.76. The third-order valence-corrected chi connectivity index (χ3v) is 3.46. The van der Waals surface area contributed by atoms with Crippen LogP contribution in [0.4, 0.5) is 0 Å². The number of aromatic nitrogens is 1. The van der Waals surface area contributed by atoms with Gasteiger partial charge in [0.2, 0.25) is 5.78 Å². The van der Waals surface area contributed by atoms with Gasteiger partial charge in [-0.05, 0) is 24.3 Å². The highest BCUT2D eigenvalue weighted by Gasteiger charge is 2.14. The Kier molecular flexibility index (Phi) is 4.14. The van der Waals surface area contributed by atoms with Gasteiger partial charge in [-0.15, -0.1) is 0 Å². The van der Waals surface area contributed by atoms with Crippen molar-refractivity contribution in [3.8, 4) is 5.75 Å². The average Bonchev–Trinajstić information content (AvgIpc) is 3.22. The quantitative estimate of drug-likeness (QED) is 0.559. The van der Waals surface area contributed by atoms with Crippen LogP contribution in [-0.2, 0) is 16.0 Å². The molecule has 23 heavy (non-hydrogen) atoms. The maximum absolute atomic E-state index is 11.9. The molecule has 0 atom stereocenters. The van der Waals surface area contributed by atoms with E-state index in [1.54, 1.807) is 37.6 Å². The third kappa shape index (κ3) is 3.26. The Morgan fingerprint density at radius 1 is 1.26 bits per heavy atom. The number of hydrogen-bond acceptors (Lipinski definition) is 5. The predicted molar refractivity (Wildman–Crippen MR) is 82.6 cm³/mol. The molecule has 0 spiro atoms. The fourth-order valence-corrected chi connectivity index (χ4v) is 2.26. The van der Waals surface area contributed by atoms with Gasteiger partial charge in [0.05, 0.1) is 25.5 Å². The molecule has 0 fully saturated rings. The van der Waals surface area contributed by atoms with E-state index in [0.29, 0.717) is 22.6 Å². The van der Waals surface area contributed by atoms with Crippen LogP contribution >= 0.6 is 0 Å². The summed E-state index contributed by atoms with van der Waals surface area (Å²) in [6.07, 6.45) is 3.19. The minimum absolute atomic E-state index is 0.0390. The summed E-state index contributed by atoms with van der Waals surface area (Å²) in [7, 11) is 1.57. The van der Waals surface area contributed by atoms with Gasteiger partial charge >= 0.3 is 5.97 Å². The number of carbonyl (C=O) groups excluding carboxylic acids is 2. The largest absolute Gasteiger partial charge is 0.497 e. The van der Waals surface area contributed by atoms with Crippen LogP contribution in [-0.4, -0.2) is 30.5 Å². The first-order valence-corrected chi connectivity index (χ1v) is 7.03. The number of aromatic amines is 1. The Morgan fingerprint density at radius 3 is 2.87 bits per heavy atom. The summed E-state index contributed by atoms with van der Waals surface area (Å²) >= 11 is 0. The Balaban J connectivity index is 1.63. The second-order valence-corrected chi connectivity index (χ2v) is 4.97. The number of esters is 1. The minimum atomic E-state index is -0.483. The molecule has 0 aliphatic heterocycles. The molecule has 0 aliphatic rings. The predicted octanol–water partition coefficient (Wildman–Crippen LogP) is 2.74. The number of ether oxygens (including phenoxy) is 2. The van der Waals surface area contributed by atoms with E-state index in [-0.39, 0.29) is 18.8 Å². The molecule has 6 nitrogen and oxygen atoms in total. The lowest BCUT2D eigenvalue weighted by Gasteiger charge is -2.03. The van der Waals surface area contributed by atoms with Gasteiger partial charge in [0, 0.05) is 23.2 Å². The maximum Gasteiger partial charge on any atom is 0.310 e. The van der Waals surface area contributed by atoms with E-state index >= 15 is 0 Å². The first-order chi connectivity index (χ1) is 11.2. The number of Topliss-reactive ketones (excluding diaryl/α,β-unsaturated/α-hetero) is 1. The summed E-state index contributed by atoms with van der Waals surface area (Å²) in [6.45, 7) is -0.289. The van der Waals surface area contributed by atoms with E-state index in [4.69, 9.17) is 13.9 Å². The highest BCUT2D eigenvalue weighted by Crippen LogP contribution is 2.26. The number of furan rings is 1. The normalized spacial score (nSPS) is 10.7. The second kappa shape index (κ2) is 6.39. The molecule has 1 aromatic carbocycles. The number of H-pyrrole nitrogens is 1. The molecule has 0 unspecified atom stereocenters. The van der Waals surface area contributed by atoms with Crippen molar-refractivity contribution in [1.29, 1.82) is 0 Å². The molecule has 3 rings (SSSR count). The van der Waals surface area contributed by atoms with Crippen molar-refractivity contribution in [2.24, 2.45) is 0 Å². The van der Waals surface area contributed by atoms with Gasteiger partial charge in [0.15, 0.2) is 6.61 Å². The zero-order valence-corrected chi connectivity index (χ0v) is 12.5. The number of carbonyl (C=O) groups is 2. The minimum Gasteiger partial charge on any atom is -0.497 e. The second-order valence-electron chi connectivity index (χ2n) is 4.97. The Bertz CT molecular complexity index is 832. The number of methoxy groups -OCH3 is 1. The molecule has 118 valence electrons. The van der Waals surface area contributed by atoms with Gasteiger partial charge in [-0.2, -0.15) is 0 Å². The van der Waals surface area contributed by atoms with Crippen molar-refractivity contribution in [3.05, 3.63) is 54.0 Å². The lowest BCUT2D eigenvalue weighted by molar-refractivity contribution is -0.141. The van der Waals surface area contributed by atoms with Crippen LogP contribution in [0.25, 0.3) is 11.0 Å². The Labute approximate surface area is 132 Å². The third-order valence-electron chi connectivity index (χ3n) is 3.46. The number of fused-ring (bicyclic) bond motifs is 1. The van der Waals surface area contributed by atoms with Crippen molar-refractivity contribution >= 4 is 22.7 Å². The van der Waals surface area contributed by atoms with Crippen LogP contribution in [0.2, 0.25) is 0 Å². The summed E-state index contributed by atoms with van der Waals surface area (Å²) in [5.74, 6) is -0.0777. The van der Waals surface area contributed by atoms with E-state index in [9.17, 15) is 9.59 Å². The number of hydrogen-bond donors (Lipinski definition) is 1. The molecule has 1 N–H and O–H groups in total. The highest BCUT2D eigenvalue weighted by atomic mass is 16.5. The molecule has 0 amide bonds. The Hall–Kier alpha value is -3.02. The molecule has 0 saturated carbocycles. The first kappa shape index (κ1) is 14.9. The van der Waals surface area contributed by atoms with Crippen molar-refractivity contribution < 1.29 is 23.5 Å². The van der Waals surface area contributed by atoms with E-state index in [2.05, 4.69) is 4.98 Å². The van der Waals surface area contributed by atoms with E-state index < -0.39 is 5.97 Å². The van der Waals surface area contributed by atoms with Crippen LogP contribution in [0.3, 0.4) is 0 Å². The standard InChI is InChI=1S/C17H15NO5/c1-21-12-4-5-13-11(9-22-16(13)8-12)7-17(20)23-10-15(19)14-3-2-6-18-14/h2-6,8-9,18H,7,10H2,1H3. The maximum atomic E-state index is 11.9. The number of benzene rings is 1. The number of nitrogens with one attached hydrogen (secondary N) is 1. The molecule has 3 aromatic rings. The molecule has 0 radical (unpaired) electrons. The SMILES string of the molecule is COc1ccc2c(CC(=O)OCC(=O)c3ccc[nH]3)coc2c1. The van der Waals surface area contributed by atoms with Crippen LogP contribution in [0.5, 0.6) is 5.75 Å². The molecular formula is C17H15NO5. The average molecular weight is 313 g/mol. The van der Waals surface area contributed by atoms with Gasteiger partial charge in [0.25, 0.3) is 0 Å². The topological polar surface area (TPSA) is 81.5 Å². The monoisotopic (exact) mass is 313 g/mol. The fraction of sp³-hybridized carbons (Fsp3) is 0.176. The van der Waals surface area contributed by atoms with Gasteiger partial charge in [-0.1, -0.05) is 0 Å². The molecule has 2 heterocycles. The first-order valence-electron chi connectivity index (χ1n) is 7.03. The molecule has 0 aliphatic carbocycles. The van der Waals surface area contributed by atoms with Crippen molar-refractivity contribution in [2.75, 3.05) is 13.7 Å². The summed E-state index contributed by atoms with van der Waals surface area (Å²) < 4.78 is 15.6. The van der Waals surface area contributed by atoms with Crippen molar-refractivity contribution in [1.82, 2.24) is 4.98 Å². The van der Waals surface area contributed by atoms with Gasteiger partial charge in [-0.3, -0.25) is 9.59 Å². The van der Waals surface area contributed by atoms with Gasteiger partial charge in [0.1, 0.15) is 11.3 Å². The van der Waals surface area contributed by atoms with Crippen LogP contribution in [0.15, 0.2) is 47.2 Å². The fourth-order valence-electron chi connectivity index (χ4n) is 2.26. The molecule has 2 aromatic heterocycles. The lowest BCUT2D eigenvalue weighted by atomic mass is 10.1. The summed E-state index contributed by atoms with van der Waals surface area (Å²) in [6, 6.07) is 8.71. The zero-order chi connectivity index (χ0) is 16.2. The number of rotatable bonds is 6. The van der Waals surface area contributed by atoms with Crippen molar-refractivity contribution in [2.45, 2.75) is 6.42 Å². The van der Waals surface area contributed by atoms with E-state index in [1.165, 1.54) is 6.26 Å². The smallest absolute Gasteiger partial charge is 0.310 e. The van der Waals surface area contributed by atoms with Crippen LogP contribution < -0.4 is 4.74 Å². The summed E-state index contributed by atoms with van der Waals surface area (Å²) in [4.78, 5) is 26.4. The lowest BCUT2D eigenvalue weighted by Crippen LogP contribution is -2.15. The summed E-state index contributed by atoms with van der Waals surface area (Å²) in [5, 5.41) is 0.818. The van der Waals surface area contributed by atoms with Gasteiger partial charge in [-0.25, -0.2) is 0 Å². The molecular weight excluding hydrogens is 298 g/mol. The molecule has 0 saturated heterocycles.